The highest BCUT2D eigenvalue weighted by Gasteiger charge is 2.36. The Hall–Kier alpha value is 0.110. The molecule has 1 aliphatic carbocycles. The highest BCUT2D eigenvalue weighted by molar-refractivity contribution is 7.88. The zero-order valence-corrected chi connectivity index (χ0v) is 11.0. The molecule has 0 bridgehead atoms. The van der Waals surface area contributed by atoms with Gasteiger partial charge in [-0.25, -0.2) is 13.1 Å². The lowest BCUT2D eigenvalue weighted by atomic mass is 9.95. The largest absolute Gasteiger partial charge is 0.285 e. The lowest BCUT2D eigenvalue weighted by molar-refractivity contribution is 0.387. The van der Waals surface area contributed by atoms with Gasteiger partial charge in [-0.05, 0) is 19.3 Å². The van der Waals surface area contributed by atoms with E-state index in [1.54, 1.807) is 0 Å². The third-order valence-electron chi connectivity index (χ3n) is 2.50. The van der Waals surface area contributed by atoms with Gasteiger partial charge in [-0.3, -0.25) is 4.55 Å². The van der Waals surface area contributed by atoms with E-state index in [0.29, 0.717) is 6.42 Å². The van der Waals surface area contributed by atoms with E-state index >= 15 is 0 Å². The maximum Gasteiger partial charge on any atom is 0.267 e. The topological polar surface area (TPSA) is 101 Å². The summed E-state index contributed by atoms with van der Waals surface area (Å²) in [5.74, 6) is 0. The van der Waals surface area contributed by atoms with E-state index in [4.69, 9.17) is 16.2 Å². The average molecular weight is 292 g/mol. The minimum atomic E-state index is -4.13. The smallest absolute Gasteiger partial charge is 0.267 e. The van der Waals surface area contributed by atoms with E-state index in [2.05, 4.69) is 4.72 Å². The molecule has 1 fully saturated rings. The lowest BCUT2D eigenvalue weighted by Gasteiger charge is -2.31. The Morgan fingerprint density at radius 3 is 2.25 bits per heavy atom. The van der Waals surface area contributed by atoms with E-state index in [1.807, 2.05) is 0 Å². The number of hydrogen-bond acceptors (Lipinski definition) is 4. The Morgan fingerprint density at radius 2 is 1.81 bits per heavy atom. The second-order valence-electron chi connectivity index (χ2n) is 3.96. The molecule has 96 valence electrons. The number of halogens is 1. The second kappa shape index (κ2) is 4.77. The summed E-state index contributed by atoms with van der Waals surface area (Å²) in [4.78, 5) is 0. The molecule has 0 spiro atoms. The molecule has 0 aromatic carbocycles. The molecule has 0 heterocycles. The van der Waals surface area contributed by atoms with Crippen molar-refractivity contribution < 1.29 is 21.4 Å². The summed E-state index contributed by atoms with van der Waals surface area (Å²) in [6.45, 7) is 0. The number of nitrogens with one attached hydrogen (secondary N) is 1. The van der Waals surface area contributed by atoms with Crippen LogP contribution in [0.3, 0.4) is 0 Å². The van der Waals surface area contributed by atoms with E-state index in [1.165, 1.54) is 0 Å². The number of sulfonamides is 1. The summed E-state index contributed by atoms with van der Waals surface area (Å²) in [7, 11) is -7.57. The third-order valence-corrected chi connectivity index (χ3v) is 5.03. The third kappa shape index (κ3) is 4.17. The SMILES string of the molecule is CS(=O)(=O)NC1CC(S(=O)(=O)O)CCC1Cl. The molecule has 0 radical (unpaired) electrons. The van der Waals surface area contributed by atoms with Crippen LogP contribution in [0.15, 0.2) is 0 Å². The van der Waals surface area contributed by atoms with Crippen LogP contribution >= 0.6 is 11.6 Å². The normalized spacial score (nSPS) is 32.6. The van der Waals surface area contributed by atoms with Crippen LogP contribution in [0, 0.1) is 0 Å². The Balaban J connectivity index is 2.77. The molecule has 0 aromatic heterocycles. The van der Waals surface area contributed by atoms with Gasteiger partial charge >= 0.3 is 0 Å². The molecular formula is C7H14ClNO5S2. The highest BCUT2D eigenvalue weighted by Crippen LogP contribution is 2.27. The van der Waals surface area contributed by atoms with Gasteiger partial charge in [-0.1, -0.05) is 0 Å². The quantitative estimate of drug-likeness (QED) is 0.561. The first-order chi connectivity index (χ1) is 7.09. The summed E-state index contributed by atoms with van der Waals surface area (Å²) < 4.78 is 55.1. The molecule has 6 nitrogen and oxygen atoms in total. The number of hydrogen-bond donors (Lipinski definition) is 2. The van der Waals surface area contributed by atoms with Crippen LogP contribution in [-0.4, -0.2) is 44.3 Å². The average Bonchev–Trinajstić information content (AvgIpc) is 2.04. The fourth-order valence-corrected chi connectivity index (χ4v) is 3.82. The minimum Gasteiger partial charge on any atom is -0.285 e. The number of alkyl halides is 1. The molecule has 1 aliphatic rings. The van der Waals surface area contributed by atoms with Gasteiger partial charge in [-0.15, -0.1) is 11.6 Å². The molecule has 3 unspecified atom stereocenters. The Labute approximate surface area is 100 Å². The van der Waals surface area contributed by atoms with Crippen LogP contribution in [-0.2, 0) is 20.1 Å². The van der Waals surface area contributed by atoms with Crippen molar-refractivity contribution in [3.8, 4) is 0 Å². The molecule has 3 atom stereocenters. The monoisotopic (exact) mass is 291 g/mol. The maximum absolute atomic E-state index is 11.0. The van der Waals surface area contributed by atoms with Crippen LogP contribution in [0.25, 0.3) is 0 Å². The first-order valence-corrected chi connectivity index (χ1v) is 8.50. The predicted molar refractivity (Wildman–Crippen MR) is 60.6 cm³/mol. The first-order valence-electron chi connectivity index (χ1n) is 4.67. The van der Waals surface area contributed by atoms with Crippen LogP contribution in [0.5, 0.6) is 0 Å². The van der Waals surface area contributed by atoms with Crippen molar-refractivity contribution in [2.75, 3.05) is 6.26 Å². The van der Waals surface area contributed by atoms with Crippen LogP contribution in [0.1, 0.15) is 19.3 Å². The summed E-state index contributed by atoms with van der Waals surface area (Å²) in [6.07, 6.45) is 1.57. The van der Waals surface area contributed by atoms with E-state index in [-0.39, 0.29) is 12.8 Å². The molecule has 1 rings (SSSR count). The summed E-state index contributed by atoms with van der Waals surface area (Å²) >= 11 is 5.90. The fraction of sp³-hybridized carbons (Fsp3) is 1.00. The summed E-state index contributed by atoms with van der Waals surface area (Å²) in [5.41, 5.74) is 0. The first kappa shape index (κ1) is 14.2. The zero-order chi connectivity index (χ0) is 12.6. The Kier molecular flexibility index (Phi) is 4.23. The minimum absolute atomic E-state index is 0.0000694. The van der Waals surface area contributed by atoms with Gasteiger partial charge in [0.1, 0.15) is 0 Å². The van der Waals surface area contributed by atoms with Gasteiger partial charge in [0.25, 0.3) is 10.1 Å². The molecule has 16 heavy (non-hydrogen) atoms. The Morgan fingerprint density at radius 1 is 1.25 bits per heavy atom. The predicted octanol–water partition coefficient (Wildman–Crippen LogP) is -0.0481. The van der Waals surface area contributed by atoms with Crippen LogP contribution in [0.4, 0.5) is 0 Å². The highest BCUT2D eigenvalue weighted by atomic mass is 35.5. The van der Waals surface area contributed by atoms with Crippen molar-refractivity contribution in [3.63, 3.8) is 0 Å². The van der Waals surface area contributed by atoms with Gasteiger partial charge in [0.2, 0.25) is 10.0 Å². The standard InChI is InChI=1S/C7H14ClNO5S2/c1-15(10,11)9-7-4-5(16(12,13)14)2-3-6(7)8/h5-7,9H,2-4H2,1H3,(H,12,13,14). The number of rotatable bonds is 3. The molecule has 0 amide bonds. The maximum atomic E-state index is 11.0. The van der Waals surface area contributed by atoms with Crippen LogP contribution < -0.4 is 4.72 Å². The van der Waals surface area contributed by atoms with Crippen LogP contribution in [0.2, 0.25) is 0 Å². The second-order valence-corrected chi connectivity index (χ2v) is 8.00. The van der Waals surface area contributed by atoms with Crippen molar-refractivity contribution in [1.82, 2.24) is 4.72 Å². The van der Waals surface area contributed by atoms with Gasteiger partial charge < -0.3 is 0 Å². The van der Waals surface area contributed by atoms with E-state index in [9.17, 15) is 16.8 Å². The molecule has 9 heteroatoms. The van der Waals surface area contributed by atoms with Crippen molar-refractivity contribution in [3.05, 3.63) is 0 Å². The van der Waals surface area contributed by atoms with Gasteiger partial charge in [0, 0.05) is 6.04 Å². The Bertz CT molecular complexity index is 445. The van der Waals surface area contributed by atoms with E-state index in [0.717, 1.165) is 6.26 Å². The van der Waals surface area contributed by atoms with Gasteiger partial charge in [0.15, 0.2) is 0 Å². The molecular weight excluding hydrogens is 278 g/mol. The molecule has 0 saturated heterocycles. The van der Waals surface area contributed by atoms with E-state index < -0.39 is 36.8 Å². The molecule has 2 N–H and O–H groups in total. The fourth-order valence-electron chi connectivity index (χ4n) is 1.76. The zero-order valence-electron chi connectivity index (χ0n) is 8.63. The molecule has 1 saturated carbocycles. The van der Waals surface area contributed by atoms with Crippen molar-refractivity contribution in [1.29, 1.82) is 0 Å². The van der Waals surface area contributed by atoms with Gasteiger partial charge in [0.05, 0.1) is 16.9 Å². The van der Waals surface area contributed by atoms with Crippen molar-refractivity contribution in [2.45, 2.75) is 35.9 Å². The van der Waals surface area contributed by atoms with Crippen molar-refractivity contribution in [2.24, 2.45) is 0 Å². The molecule has 0 aliphatic heterocycles. The lowest BCUT2D eigenvalue weighted by Crippen LogP contribution is -2.47. The van der Waals surface area contributed by atoms with Gasteiger partial charge in [-0.2, -0.15) is 8.42 Å². The van der Waals surface area contributed by atoms with Crippen molar-refractivity contribution >= 4 is 31.7 Å². The molecule has 0 aromatic rings. The summed E-state index contributed by atoms with van der Waals surface area (Å²) in [6, 6.07) is -0.655. The summed E-state index contributed by atoms with van der Waals surface area (Å²) in [5, 5.41) is -1.39.